The molecule has 0 aliphatic carbocycles. The first-order chi connectivity index (χ1) is 6.43. The van der Waals surface area contributed by atoms with Crippen molar-refractivity contribution in [3.05, 3.63) is 27.2 Å². The van der Waals surface area contributed by atoms with Gasteiger partial charge in [0, 0.05) is 5.02 Å². The van der Waals surface area contributed by atoms with Crippen LogP contribution in [0.3, 0.4) is 0 Å². The third kappa shape index (κ3) is 2.05. The van der Waals surface area contributed by atoms with Crippen LogP contribution in [0.4, 0.5) is 0 Å². The number of carboxylic acid groups (broad SMARTS) is 1. The molecule has 0 unspecified atom stereocenters. The number of rotatable bonds is 2. The number of aromatic hydroxyl groups is 1. The second kappa shape index (κ2) is 3.98. The molecule has 4 nitrogen and oxygen atoms in total. The molecule has 1 aromatic rings. The fraction of sp³-hybridized carbons (Fsp3) is 0. The van der Waals surface area contributed by atoms with E-state index in [0.717, 1.165) is 6.07 Å². The van der Waals surface area contributed by atoms with E-state index in [1.54, 1.807) is 0 Å². The predicted octanol–water partition coefficient (Wildman–Crippen LogP) is 2.08. The number of hydrogen-bond acceptors (Lipinski definition) is 3. The minimum absolute atomic E-state index is 0.166. The molecule has 0 amide bonds. The number of carbonyl (C=O) groups excluding carboxylic acids is 1. The van der Waals surface area contributed by atoms with Crippen LogP contribution in [0, 0.1) is 0 Å². The van der Waals surface area contributed by atoms with Crippen molar-refractivity contribution in [2.75, 3.05) is 0 Å². The summed E-state index contributed by atoms with van der Waals surface area (Å²) in [5.74, 6) is -3.28. The van der Waals surface area contributed by atoms with Crippen LogP contribution in [0.5, 0.6) is 5.75 Å². The van der Waals surface area contributed by atoms with Crippen LogP contribution >= 0.6 is 27.5 Å². The summed E-state index contributed by atoms with van der Waals surface area (Å²) >= 11 is 8.52. The molecule has 0 heterocycles. The molecule has 2 N–H and O–H groups in total. The molecule has 0 radical (unpaired) electrons. The van der Waals surface area contributed by atoms with Gasteiger partial charge in [0.1, 0.15) is 5.75 Å². The molecule has 0 aliphatic heterocycles. The van der Waals surface area contributed by atoms with Gasteiger partial charge >= 0.3 is 5.97 Å². The first-order valence-corrected chi connectivity index (χ1v) is 4.56. The summed E-state index contributed by atoms with van der Waals surface area (Å²) < 4.78 is 0.176. The zero-order valence-corrected chi connectivity index (χ0v) is 8.96. The first kappa shape index (κ1) is 11.0. The van der Waals surface area contributed by atoms with Gasteiger partial charge in [-0.05, 0) is 28.1 Å². The van der Waals surface area contributed by atoms with Gasteiger partial charge in [-0.25, -0.2) is 4.79 Å². The number of hydrogen-bond donors (Lipinski definition) is 2. The number of halogens is 2. The Morgan fingerprint density at radius 1 is 1.36 bits per heavy atom. The van der Waals surface area contributed by atoms with E-state index in [1.807, 2.05) is 0 Å². The predicted molar refractivity (Wildman–Crippen MR) is 52.8 cm³/mol. The highest BCUT2D eigenvalue weighted by molar-refractivity contribution is 9.10. The molecule has 1 rings (SSSR count). The van der Waals surface area contributed by atoms with Gasteiger partial charge in [-0.3, -0.25) is 4.79 Å². The third-order valence-corrected chi connectivity index (χ3v) is 2.29. The molecule has 0 aromatic heterocycles. The van der Waals surface area contributed by atoms with E-state index in [1.165, 1.54) is 6.07 Å². The molecule has 6 heteroatoms. The molecular weight excluding hydrogens is 275 g/mol. The average molecular weight is 279 g/mol. The number of phenolic OH excluding ortho intramolecular Hbond substituents is 1. The number of aliphatic carboxylic acids is 1. The molecule has 0 saturated heterocycles. The maximum atomic E-state index is 11.0. The zero-order valence-electron chi connectivity index (χ0n) is 6.62. The van der Waals surface area contributed by atoms with Crippen LogP contribution in [-0.4, -0.2) is 22.0 Å². The standard InChI is InChI=1S/C8H4BrClO4/c9-5-2-3(10)1-4(6(5)11)7(12)8(13)14/h1-2,11H,(H,13,14). The van der Waals surface area contributed by atoms with Gasteiger partial charge in [-0.2, -0.15) is 0 Å². The lowest BCUT2D eigenvalue weighted by atomic mass is 10.1. The maximum Gasteiger partial charge on any atom is 0.377 e. The Labute approximate surface area is 92.2 Å². The molecule has 14 heavy (non-hydrogen) atoms. The molecule has 0 saturated carbocycles. The zero-order chi connectivity index (χ0) is 10.9. The van der Waals surface area contributed by atoms with Gasteiger partial charge in [0.15, 0.2) is 0 Å². The highest BCUT2D eigenvalue weighted by Gasteiger charge is 2.20. The Kier molecular flexibility index (Phi) is 3.13. The van der Waals surface area contributed by atoms with Crippen molar-refractivity contribution in [2.24, 2.45) is 0 Å². The van der Waals surface area contributed by atoms with Gasteiger partial charge in [-0.1, -0.05) is 11.6 Å². The van der Waals surface area contributed by atoms with E-state index in [0.29, 0.717) is 0 Å². The van der Waals surface area contributed by atoms with E-state index in [4.69, 9.17) is 16.7 Å². The minimum Gasteiger partial charge on any atom is -0.506 e. The quantitative estimate of drug-likeness (QED) is 0.642. The van der Waals surface area contributed by atoms with E-state index >= 15 is 0 Å². The van der Waals surface area contributed by atoms with E-state index in [9.17, 15) is 14.7 Å². The number of benzene rings is 1. The van der Waals surface area contributed by atoms with Crippen LogP contribution in [-0.2, 0) is 4.79 Å². The lowest BCUT2D eigenvalue weighted by Crippen LogP contribution is -2.12. The smallest absolute Gasteiger partial charge is 0.377 e. The molecule has 0 spiro atoms. The maximum absolute atomic E-state index is 11.0. The molecule has 1 aromatic carbocycles. The first-order valence-electron chi connectivity index (χ1n) is 3.39. The number of carboxylic acids is 1. The Balaban J connectivity index is 3.34. The summed E-state index contributed by atoms with van der Waals surface area (Å²) in [4.78, 5) is 21.4. The molecule has 0 bridgehead atoms. The Morgan fingerprint density at radius 3 is 2.43 bits per heavy atom. The summed E-state index contributed by atoms with van der Waals surface area (Å²) in [5.41, 5.74) is -0.336. The van der Waals surface area contributed by atoms with Gasteiger partial charge in [-0.15, -0.1) is 0 Å². The van der Waals surface area contributed by atoms with E-state index in [-0.39, 0.29) is 15.1 Å². The van der Waals surface area contributed by atoms with Crippen molar-refractivity contribution in [1.82, 2.24) is 0 Å². The third-order valence-electron chi connectivity index (χ3n) is 1.47. The van der Waals surface area contributed by atoms with Crippen LogP contribution in [0.15, 0.2) is 16.6 Å². The lowest BCUT2D eigenvalue weighted by Gasteiger charge is -2.03. The largest absolute Gasteiger partial charge is 0.506 e. The van der Waals surface area contributed by atoms with Crippen LogP contribution in [0.2, 0.25) is 5.02 Å². The number of carbonyl (C=O) groups is 2. The normalized spacial score (nSPS) is 9.86. The molecule has 0 aliphatic rings. The van der Waals surface area contributed by atoms with Crippen molar-refractivity contribution < 1.29 is 19.8 Å². The fourth-order valence-electron chi connectivity index (χ4n) is 0.854. The molecular formula is C8H4BrClO4. The van der Waals surface area contributed by atoms with Crippen LogP contribution in [0.25, 0.3) is 0 Å². The Morgan fingerprint density at radius 2 is 1.93 bits per heavy atom. The van der Waals surface area contributed by atoms with Gasteiger partial charge in [0.25, 0.3) is 5.78 Å². The second-order valence-corrected chi connectivity index (χ2v) is 3.71. The summed E-state index contributed by atoms with van der Waals surface area (Å²) in [6.07, 6.45) is 0. The fourth-order valence-corrected chi connectivity index (χ4v) is 1.66. The van der Waals surface area contributed by atoms with Gasteiger partial charge in [0.05, 0.1) is 10.0 Å². The molecule has 74 valence electrons. The summed E-state index contributed by atoms with van der Waals surface area (Å²) in [6.45, 7) is 0. The Hall–Kier alpha value is -1.07. The number of ketones is 1. The van der Waals surface area contributed by atoms with Crippen molar-refractivity contribution in [1.29, 1.82) is 0 Å². The SMILES string of the molecule is O=C(O)C(=O)c1cc(Cl)cc(Br)c1O. The summed E-state index contributed by atoms with van der Waals surface area (Å²) in [5, 5.41) is 17.9. The van der Waals surface area contributed by atoms with Crippen LogP contribution < -0.4 is 0 Å². The summed E-state index contributed by atoms with van der Waals surface area (Å²) in [7, 11) is 0. The van der Waals surface area contributed by atoms with Crippen molar-refractivity contribution in [2.45, 2.75) is 0 Å². The van der Waals surface area contributed by atoms with Crippen LogP contribution in [0.1, 0.15) is 10.4 Å². The van der Waals surface area contributed by atoms with Crippen molar-refractivity contribution in [3.8, 4) is 5.75 Å². The lowest BCUT2D eigenvalue weighted by molar-refractivity contribution is -0.131. The topological polar surface area (TPSA) is 74.6 Å². The van der Waals surface area contributed by atoms with Gasteiger partial charge in [0.2, 0.25) is 0 Å². The Bertz CT molecular complexity index is 416. The van der Waals surface area contributed by atoms with E-state index < -0.39 is 17.5 Å². The summed E-state index contributed by atoms with van der Waals surface area (Å²) in [6, 6.07) is 2.45. The second-order valence-electron chi connectivity index (χ2n) is 2.42. The van der Waals surface area contributed by atoms with E-state index in [2.05, 4.69) is 15.9 Å². The average Bonchev–Trinajstić information content (AvgIpc) is 2.09. The highest BCUT2D eigenvalue weighted by atomic mass is 79.9. The molecule has 0 atom stereocenters. The number of Topliss-reactive ketones (excluding diaryl/α,β-unsaturated/α-hetero) is 1. The van der Waals surface area contributed by atoms with Gasteiger partial charge < -0.3 is 10.2 Å². The monoisotopic (exact) mass is 278 g/mol. The highest BCUT2D eigenvalue weighted by Crippen LogP contribution is 2.31. The van der Waals surface area contributed by atoms with Crippen molar-refractivity contribution in [3.63, 3.8) is 0 Å². The van der Waals surface area contributed by atoms with Crippen molar-refractivity contribution >= 4 is 39.3 Å². The molecule has 0 fully saturated rings. The minimum atomic E-state index is -1.64. The number of phenols is 1.